The molecule has 1 amide bonds. The first-order chi connectivity index (χ1) is 9.60. The Labute approximate surface area is 121 Å². The van der Waals surface area contributed by atoms with Crippen molar-refractivity contribution in [3.8, 4) is 0 Å². The monoisotopic (exact) mass is 285 g/mol. The molecule has 0 saturated heterocycles. The van der Waals surface area contributed by atoms with Gasteiger partial charge in [0.25, 0.3) is 0 Å². The van der Waals surface area contributed by atoms with Crippen LogP contribution in [-0.2, 0) is 14.3 Å². The summed E-state index contributed by atoms with van der Waals surface area (Å²) in [6.45, 7) is 7.79. The van der Waals surface area contributed by atoms with E-state index in [1.54, 1.807) is 6.92 Å². The Balaban J connectivity index is 3.48. The molecule has 0 radical (unpaired) electrons. The van der Waals surface area contributed by atoms with Crippen LogP contribution in [0.2, 0.25) is 0 Å². The molecule has 0 aromatic carbocycles. The van der Waals surface area contributed by atoms with Gasteiger partial charge in [-0.05, 0) is 13.3 Å². The average Bonchev–Trinajstić information content (AvgIpc) is 2.43. The lowest BCUT2D eigenvalue weighted by atomic mass is 10.1. The maximum atomic E-state index is 11.4. The summed E-state index contributed by atoms with van der Waals surface area (Å²) in [5.74, 6) is -0.520. The highest BCUT2D eigenvalue weighted by molar-refractivity contribution is 5.81. The summed E-state index contributed by atoms with van der Waals surface area (Å²) in [5.41, 5.74) is 0. The second kappa shape index (κ2) is 12.5. The van der Waals surface area contributed by atoms with Crippen LogP contribution < -0.4 is 5.32 Å². The average molecular weight is 285 g/mol. The van der Waals surface area contributed by atoms with Gasteiger partial charge in [-0.25, -0.2) is 9.59 Å². The van der Waals surface area contributed by atoms with E-state index in [1.165, 1.54) is 25.7 Å². The Bertz CT molecular complexity index is 292. The summed E-state index contributed by atoms with van der Waals surface area (Å²) >= 11 is 0. The van der Waals surface area contributed by atoms with Gasteiger partial charge < -0.3 is 14.8 Å². The van der Waals surface area contributed by atoms with Gasteiger partial charge in [-0.2, -0.15) is 0 Å². The predicted octanol–water partition coefficient (Wildman–Crippen LogP) is 3.19. The van der Waals surface area contributed by atoms with Crippen molar-refractivity contribution in [2.24, 2.45) is 0 Å². The van der Waals surface area contributed by atoms with Gasteiger partial charge in [0.2, 0.25) is 0 Å². The number of alkyl carbamates (subject to hydrolysis) is 1. The van der Waals surface area contributed by atoms with Crippen molar-refractivity contribution < 1.29 is 19.1 Å². The number of carbonyl (C=O) groups is 2. The fourth-order valence-electron chi connectivity index (χ4n) is 1.61. The Kier molecular flexibility index (Phi) is 11.6. The molecule has 0 saturated carbocycles. The van der Waals surface area contributed by atoms with E-state index in [9.17, 15) is 9.59 Å². The van der Waals surface area contributed by atoms with Crippen molar-refractivity contribution in [3.05, 3.63) is 12.7 Å². The van der Waals surface area contributed by atoms with Crippen LogP contribution >= 0.6 is 0 Å². The molecule has 116 valence electrons. The first kappa shape index (κ1) is 18.5. The van der Waals surface area contributed by atoms with Gasteiger partial charge in [0.05, 0.1) is 0 Å². The van der Waals surface area contributed by atoms with Gasteiger partial charge in [-0.3, -0.25) is 0 Å². The van der Waals surface area contributed by atoms with Crippen molar-refractivity contribution in [3.63, 3.8) is 0 Å². The summed E-state index contributed by atoms with van der Waals surface area (Å²) in [7, 11) is 0. The predicted molar refractivity (Wildman–Crippen MR) is 78.5 cm³/mol. The number of hydrogen-bond acceptors (Lipinski definition) is 4. The molecule has 1 N–H and O–H groups in total. The van der Waals surface area contributed by atoms with Crippen molar-refractivity contribution in [1.29, 1.82) is 0 Å². The molecule has 20 heavy (non-hydrogen) atoms. The molecule has 0 bridgehead atoms. The minimum atomic E-state index is -0.520. The van der Waals surface area contributed by atoms with Crippen LogP contribution in [0.15, 0.2) is 12.7 Å². The van der Waals surface area contributed by atoms with Gasteiger partial charge in [-0.15, -0.1) is 0 Å². The van der Waals surface area contributed by atoms with Crippen molar-refractivity contribution in [1.82, 2.24) is 5.32 Å². The zero-order chi connectivity index (χ0) is 15.2. The van der Waals surface area contributed by atoms with E-state index in [2.05, 4.69) is 18.8 Å². The fourth-order valence-corrected chi connectivity index (χ4v) is 1.61. The summed E-state index contributed by atoms with van der Waals surface area (Å²) in [5, 5.41) is 2.68. The van der Waals surface area contributed by atoms with Crippen molar-refractivity contribution in [2.75, 3.05) is 13.2 Å². The van der Waals surface area contributed by atoms with Crippen LogP contribution in [0.3, 0.4) is 0 Å². The van der Waals surface area contributed by atoms with Crippen LogP contribution in [0.5, 0.6) is 0 Å². The van der Waals surface area contributed by atoms with Gasteiger partial charge in [0.1, 0.15) is 12.7 Å². The first-order valence-electron chi connectivity index (χ1n) is 7.33. The first-order valence-corrected chi connectivity index (χ1v) is 7.33. The quantitative estimate of drug-likeness (QED) is 0.360. The van der Waals surface area contributed by atoms with Crippen LogP contribution in [0, 0.1) is 0 Å². The fraction of sp³-hybridized carbons (Fsp3) is 0.733. The molecule has 0 aliphatic rings. The number of esters is 1. The smallest absolute Gasteiger partial charge is 0.407 e. The Morgan fingerprint density at radius 2 is 1.85 bits per heavy atom. The molecule has 1 atom stereocenters. The molecule has 5 nitrogen and oxygen atoms in total. The number of unbranched alkanes of at least 4 members (excludes halogenated alkanes) is 5. The Hall–Kier alpha value is -1.52. The third-order valence-corrected chi connectivity index (χ3v) is 2.73. The normalized spacial score (nSPS) is 11.5. The highest BCUT2D eigenvalue weighted by Crippen LogP contribution is 2.04. The molecule has 0 aliphatic carbocycles. The zero-order valence-electron chi connectivity index (χ0n) is 12.7. The van der Waals surface area contributed by atoms with Crippen LogP contribution in [0.25, 0.3) is 0 Å². The molecule has 0 spiro atoms. The lowest BCUT2D eigenvalue weighted by Crippen LogP contribution is -2.30. The third-order valence-electron chi connectivity index (χ3n) is 2.73. The number of nitrogens with one attached hydrogen (secondary N) is 1. The van der Waals surface area contributed by atoms with Crippen LogP contribution in [0.1, 0.15) is 52.4 Å². The van der Waals surface area contributed by atoms with E-state index < -0.39 is 18.2 Å². The molecule has 0 rings (SSSR count). The minimum absolute atomic E-state index is 0.0370. The second-order valence-electron chi connectivity index (χ2n) is 4.74. The van der Waals surface area contributed by atoms with Crippen LogP contribution in [-0.4, -0.2) is 31.3 Å². The number of carbonyl (C=O) groups excluding carboxylic acids is 2. The van der Waals surface area contributed by atoms with Crippen molar-refractivity contribution in [2.45, 2.75) is 58.5 Å². The van der Waals surface area contributed by atoms with Gasteiger partial charge in [0, 0.05) is 12.6 Å². The minimum Gasteiger partial charge on any atom is -0.459 e. The molecule has 0 fully saturated rings. The molecule has 1 unspecified atom stereocenters. The molecular weight excluding hydrogens is 258 g/mol. The summed E-state index contributed by atoms with van der Waals surface area (Å²) in [6, 6.07) is 0. The summed E-state index contributed by atoms with van der Waals surface area (Å²) in [6.07, 6.45) is 7.18. The summed E-state index contributed by atoms with van der Waals surface area (Å²) < 4.78 is 9.80. The van der Waals surface area contributed by atoms with Gasteiger partial charge in [0.15, 0.2) is 0 Å². The van der Waals surface area contributed by atoms with Gasteiger partial charge >= 0.3 is 12.1 Å². The van der Waals surface area contributed by atoms with E-state index in [-0.39, 0.29) is 6.61 Å². The van der Waals surface area contributed by atoms with Gasteiger partial charge in [-0.1, -0.05) is 45.6 Å². The lowest BCUT2D eigenvalue weighted by molar-refractivity contribution is -0.140. The standard InChI is InChI=1S/C15H27NO4/c1-4-6-7-8-9-10-11-16-15(18)20-13(3)12-19-14(17)5-2/h5,13H,2,4,6-12H2,1,3H3,(H,16,18). The summed E-state index contributed by atoms with van der Waals surface area (Å²) in [4.78, 5) is 22.2. The number of rotatable bonds is 11. The number of hydrogen-bond donors (Lipinski definition) is 1. The van der Waals surface area contributed by atoms with E-state index in [4.69, 9.17) is 9.47 Å². The maximum absolute atomic E-state index is 11.4. The molecule has 0 aromatic heterocycles. The molecule has 5 heteroatoms. The molecule has 0 aliphatic heterocycles. The highest BCUT2D eigenvalue weighted by atomic mass is 16.6. The third kappa shape index (κ3) is 11.6. The van der Waals surface area contributed by atoms with E-state index in [1.807, 2.05) is 0 Å². The van der Waals surface area contributed by atoms with Crippen molar-refractivity contribution >= 4 is 12.1 Å². The molecule has 0 heterocycles. The molecular formula is C15H27NO4. The highest BCUT2D eigenvalue weighted by Gasteiger charge is 2.10. The van der Waals surface area contributed by atoms with E-state index >= 15 is 0 Å². The van der Waals surface area contributed by atoms with E-state index in [0.29, 0.717) is 6.54 Å². The molecule has 0 aromatic rings. The van der Waals surface area contributed by atoms with E-state index in [0.717, 1.165) is 18.9 Å². The maximum Gasteiger partial charge on any atom is 0.407 e. The number of amides is 1. The topological polar surface area (TPSA) is 64.6 Å². The zero-order valence-corrected chi connectivity index (χ0v) is 12.7. The van der Waals surface area contributed by atoms with Crippen LogP contribution in [0.4, 0.5) is 4.79 Å². The SMILES string of the molecule is C=CC(=O)OCC(C)OC(=O)NCCCCCCCC. The Morgan fingerprint density at radius 3 is 2.50 bits per heavy atom. The largest absolute Gasteiger partial charge is 0.459 e. The second-order valence-corrected chi connectivity index (χ2v) is 4.74. The lowest BCUT2D eigenvalue weighted by Gasteiger charge is -2.13. The number of ether oxygens (including phenoxy) is 2. The Morgan fingerprint density at radius 1 is 1.20 bits per heavy atom.